The molecule has 3 heterocycles. The number of aryl methyl sites for hydroxylation is 1. The molecule has 3 aromatic rings. The smallest absolute Gasteiger partial charge is 0.256 e. The van der Waals surface area contributed by atoms with Crippen molar-refractivity contribution in [1.82, 2.24) is 19.9 Å². The molecule has 1 aliphatic heterocycles. The topological polar surface area (TPSA) is 59.0 Å². The van der Waals surface area contributed by atoms with Gasteiger partial charge in [0.15, 0.2) is 0 Å². The van der Waals surface area contributed by atoms with Gasteiger partial charge in [-0.15, -0.1) is 0 Å². The Kier molecular flexibility index (Phi) is 4.61. The molecule has 0 radical (unpaired) electrons. The van der Waals surface area contributed by atoms with Gasteiger partial charge in [0.1, 0.15) is 5.82 Å². The van der Waals surface area contributed by atoms with Crippen molar-refractivity contribution in [3.63, 3.8) is 0 Å². The lowest BCUT2D eigenvalue weighted by atomic mass is 9.90. The summed E-state index contributed by atoms with van der Waals surface area (Å²) in [5.74, 6) is 1.17. The molecule has 0 aliphatic carbocycles. The molecule has 1 amide bonds. The molecule has 5 nitrogen and oxygen atoms in total. The number of rotatable bonds is 3. The summed E-state index contributed by atoms with van der Waals surface area (Å²) in [6, 6.07) is 10.4. The van der Waals surface area contributed by atoms with Crippen LogP contribution in [0.5, 0.6) is 0 Å². The second kappa shape index (κ2) is 7.20. The molecular weight excluding hydrogens is 324 g/mol. The van der Waals surface area contributed by atoms with Crippen LogP contribution >= 0.6 is 0 Å². The average molecular weight is 346 g/mol. The molecule has 0 N–H and O–H groups in total. The summed E-state index contributed by atoms with van der Waals surface area (Å²) < 4.78 is 0. The van der Waals surface area contributed by atoms with E-state index < -0.39 is 0 Å². The third-order valence-electron chi connectivity index (χ3n) is 5.06. The van der Waals surface area contributed by atoms with Crippen LogP contribution in [0.2, 0.25) is 0 Å². The van der Waals surface area contributed by atoms with Crippen LogP contribution in [0.1, 0.15) is 34.6 Å². The maximum Gasteiger partial charge on any atom is 0.256 e. The second-order valence-electron chi connectivity index (χ2n) is 6.97. The number of aromatic nitrogens is 3. The largest absolute Gasteiger partial charge is 0.338 e. The minimum atomic E-state index is 0.0331. The van der Waals surface area contributed by atoms with E-state index in [0.29, 0.717) is 17.3 Å². The quantitative estimate of drug-likeness (QED) is 0.729. The predicted molar refractivity (Wildman–Crippen MR) is 101 cm³/mol. The number of nitrogens with zero attached hydrogens (tertiary/aromatic N) is 4. The van der Waals surface area contributed by atoms with Gasteiger partial charge in [-0.1, -0.05) is 24.3 Å². The number of hydrogen-bond donors (Lipinski definition) is 0. The number of para-hydroxylation sites is 1. The van der Waals surface area contributed by atoms with Crippen LogP contribution in [0.4, 0.5) is 0 Å². The first-order chi connectivity index (χ1) is 12.7. The van der Waals surface area contributed by atoms with Crippen LogP contribution in [-0.2, 0) is 6.42 Å². The zero-order valence-corrected chi connectivity index (χ0v) is 14.9. The van der Waals surface area contributed by atoms with Gasteiger partial charge in [-0.2, -0.15) is 0 Å². The standard InChI is InChI=1S/C21H22N4O/c1-15-23-12-19(13-24-15)21(26)25-10-4-5-16(14-25)11-18-7-2-6-17-8-3-9-22-20(17)18/h2-3,6-9,12-13,16H,4-5,10-11,14H2,1H3/t16-/m1/s1. The van der Waals surface area contributed by atoms with Crippen molar-refractivity contribution < 1.29 is 4.79 Å². The molecule has 0 spiro atoms. The van der Waals surface area contributed by atoms with Crippen molar-refractivity contribution in [1.29, 1.82) is 0 Å². The summed E-state index contributed by atoms with van der Waals surface area (Å²) in [5.41, 5.74) is 2.91. The van der Waals surface area contributed by atoms with E-state index in [1.165, 1.54) is 10.9 Å². The van der Waals surface area contributed by atoms with E-state index in [1.807, 2.05) is 24.1 Å². The summed E-state index contributed by atoms with van der Waals surface area (Å²) in [6.07, 6.45) is 8.22. The van der Waals surface area contributed by atoms with Gasteiger partial charge in [0, 0.05) is 37.1 Å². The van der Waals surface area contributed by atoms with Gasteiger partial charge in [-0.3, -0.25) is 9.78 Å². The van der Waals surface area contributed by atoms with Gasteiger partial charge in [0.2, 0.25) is 0 Å². The van der Waals surface area contributed by atoms with E-state index in [0.717, 1.165) is 37.9 Å². The summed E-state index contributed by atoms with van der Waals surface area (Å²) in [7, 11) is 0. The molecule has 26 heavy (non-hydrogen) atoms. The summed E-state index contributed by atoms with van der Waals surface area (Å²) >= 11 is 0. The van der Waals surface area contributed by atoms with Crippen molar-refractivity contribution in [3.8, 4) is 0 Å². The van der Waals surface area contributed by atoms with E-state index in [4.69, 9.17) is 0 Å². The second-order valence-corrected chi connectivity index (χ2v) is 6.97. The Labute approximate surface area is 153 Å². The highest BCUT2D eigenvalue weighted by Crippen LogP contribution is 2.25. The van der Waals surface area contributed by atoms with E-state index in [-0.39, 0.29) is 5.91 Å². The van der Waals surface area contributed by atoms with Gasteiger partial charge in [0.25, 0.3) is 5.91 Å². The lowest BCUT2D eigenvalue weighted by Crippen LogP contribution is -2.40. The fourth-order valence-electron chi connectivity index (χ4n) is 3.74. The molecule has 1 saturated heterocycles. The van der Waals surface area contributed by atoms with E-state index >= 15 is 0 Å². The maximum absolute atomic E-state index is 12.8. The molecule has 0 bridgehead atoms. The number of carbonyl (C=O) groups excluding carboxylic acids is 1. The minimum absolute atomic E-state index is 0.0331. The molecule has 1 aliphatic rings. The number of hydrogen-bond acceptors (Lipinski definition) is 4. The number of likely N-dealkylation sites (tertiary alicyclic amines) is 1. The first-order valence-corrected chi connectivity index (χ1v) is 9.11. The van der Waals surface area contributed by atoms with Crippen molar-refractivity contribution in [2.75, 3.05) is 13.1 Å². The SMILES string of the molecule is Cc1ncc(C(=O)N2CCC[C@H](Cc3cccc4cccnc34)C2)cn1. The molecule has 1 atom stereocenters. The Morgan fingerprint density at radius 3 is 2.81 bits per heavy atom. The molecule has 5 heteroatoms. The first kappa shape index (κ1) is 16.6. The van der Waals surface area contributed by atoms with Crippen molar-refractivity contribution in [2.45, 2.75) is 26.2 Å². The number of piperidine rings is 1. The van der Waals surface area contributed by atoms with Crippen LogP contribution in [0.25, 0.3) is 10.9 Å². The van der Waals surface area contributed by atoms with Gasteiger partial charge >= 0.3 is 0 Å². The van der Waals surface area contributed by atoms with Crippen molar-refractivity contribution in [3.05, 3.63) is 65.9 Å². The Balaban J connectivity index is 1.50. The summed E-state index contributed by atoms with van der Waals surface area (Å²) in [4.78, 5) is 27.6. The highest BCUT2D eigenvalue weighted by atomic mass is 16.2. The third kappa shape index (κ3) is 3.43. The van der Waals surface area contributed by atoms with Crippen molar-refractivity contribution in [2.24, 2.45) is 5.92 Å². The predicted octanol–water partition coefficient (Wildman–Crippen LogP) is 3.43. The van der Waals surface area contributed by atoms with Gasteiger partial charge in [-0.25, -0.2) is 9.97 Å². The average Bonchev–Trinajstić information content (AvgIpc) is 2.69. The highest BCUT2D eigenvalue weighted by Gasteiger charge is 2.25. The Morgan fingerprint density at radius 2 is 1.96 bits per heavy atom. The molecular formula is C21H22N4O. The third-order valence-corrected chi connectivity index (χ3v) is 5.06. The molecule has 0 unspecified atom stereocenters. The Bertz CT molecular complexity index is 917. The molecule has 4 rings (SSSR count). The van der Waals surface area contributed by atoms with Gasteiger partial charge < -0.3 is 4.90 Å². The number of amides is 1. The van der Waals surface area contributed by atoms with Gasteiger partial charge in [0.05, 0.1) is 11.1 Å². The summed E-state index contributed by atoms with van der Waals surface area (Å²) in [6.45, 7) is 3.40. The molecule has 1 aromatic carbocycles. The number of benzene rings is 1. The lowest BCUT2D eigenvalue weighted by molar-refractivity contribution is 0.0672. The number of fused-ring (bicyclic) bond motifs is 1. The highest BCUT2D eigenvalue weighted by molar-refractivity contribution is 5.93. The van der Waals surface area contributed by atoms with Crippen LogP contribution in [-0.4, -0.2) is 38.8 Å². The Hall–Kier alpha value is -2.82. The normalized spacial score (nSPS) is 17.4. The zero-order chi connectivity index (χ0) is 17.9. The van der Waals surface area contributed by atoms with Crippen LogP contribution in [0.15, 0.2) is 48.9 Å². The van der Waals surface area contributed by atoms with Crippen LogP contribution in [0, 0.1) is 12.8 Å². The van der Waals surface area contributed by atoms with E-state index in [9.17, 15) is 4.79 Å². The zero-order valence-electron chi connectivity index (χ0n) is 14.9. The van der Waals surface area contributed by atoms with E-state index in [1.54, 1.807) is 12.4 Å². The molecule has 0 saturated carbocycles. The van der Waals surface area contributed by atoms with E-state index in [2.05, 4.69) is 39.2 Å². The van der Waals surface area contributed by atoms with Crippen LogP contribution in [0.3, 0.4) is 0 Å². The fourth-order valence-corrected chi connectivity index (χ4v) is 3.74. The molecule has 2 aromatic heterocycles. The number of carbonyl (C=O) groups is 1. The maximum atomic E-state index is 12.8. The lowest BCUT2D eigenvalue weighted by Gasteiger charge is -2.33. The first-order valence-electron chi connectivity index (χ1n) is 9.11. The van der Waals surface area contributed by atoms with Gasteiger partial charge in [-0.05, 0) is 43.7 Å². The van der Waals surface area contributed by atoms with Crippen LogP contribution < -0.4 is 0 Å². The molecule has 132 valence electrons. The van der Waals surface area contributed by atoms with Crippen molar-refractivity contribution >= 4 is 16.8 Å². The fraction of sp³-hybridized carbons (Fsp3) is 0.333. The monoisotopic (exact) mass is 346 g/mol. The Morgan fingerprint density at radius 1 is 1.15 bits per heavy atom. The number of pyridine rings is 1. The minimum Gasteiger partial charge on any atom is -0.338 e. The molecule has 1 fully saturated rings. The summed E-state index contributed by atoms with van der Waals surface area (Å²) in [5, 5.41) is 1.17.